The van der Waals surface area contributed by atoms with Gasteiger partial charge in [-0.2, -0.15) is 0 Å². The Bertz CT molecular complexity index is 704. The van der Waals surface area contributed by atoms with Crippen molar-refractivity contribution in [2.45, 2.75) is 31.3 Å². The highest BCUT2D eigenvalue weighted by Gasteiger charge is 2.36. The molecule has 5 nitrogen and oxygen atoms in total. The first-order valence-corrected chi connectivity index (χ1v) is 8.11. The second kappa shape index (κ2) is 5.99. The monoisotopic (exact) mass is 309 g/mol. The Kier molecular flexibility index (Phi) is 3.69. The molecule has 0 N–H and O–H groups in total. The number of rotatable bonds is 3. The molecule has 2 aromatic rings. The quantitative estimate of drug-likeness (QED) is 0.872. The fourth-order valence-corrected chi connectivity index (χ4v) is 3.49. The summed E-state index contributed by atoms with van der Waals surface area (Å²) in [5, 5.41) is 0. The molecule has 2 aliphatic rings. The van der Waals surface area contributed by atoms with Gasteiger partial charge in [0, 0.05) is 31.4 Å². The maximum absolute atomic E-state index is 12.8. The van der Waals surface area contributed by atoms with E-state index in [1.165, 1.54) is 5.56 Å². The van der Waals surface area contributed by atoms with Crippen LogP contribution in [0, 0.1) is 0 Å². The van der Waals surface area contributed by atoms with E-state index in [1.807, 2.05) is 29.2 Å². The fraction of sp³-hybridized carbons (Fsp3) is 0.389. The number of amides is 1. The van der Waals surface area contributed by atoms with E-state index in [4.69, 9.17) is 4.74 Å². The first kappa shape index (κ1) is 14.2. The van der Waals surface area contributed by atoms with Gasteiger partial charge in [-0.05, 0) is 30.5 Å². The molecule has 0 aromatic carbocycles. The number of aromatic nitrogens is 2. The van der Waals surface area contributed by atoms with Gasteiger partial charge in [-0.3, -0.25) is 9.78 Å². The molecule has 0 bridgehead atoms. The van der Waals surface area contributed by atoms with Crippen molar-refractivity contribution in [3.63, 3.8) is 0 Å². The standard InChI is InChI=1S/C18H19N3O2/c22-18(15-7-6-13-4-3-10-20-17(13)15)21-11-8-14(12-21)23-16-5-1-2-9-19-16/h1-5,9-10,14-15H,6-8,11-12H2. The average molecular weight is 309 g/mol. The van der Waals surface area contributed by atoms with Crippen molar-refractivity contribution in [3.8, 4) is 5.88 Å². The summed E-state index contributed by atoms with van der Waals surface area (Å²) in [5.74, 6) is 0.731. The minimum Gasteiger partial charge on any atom is -0.472 e. The number of aryl methyl sites for hydroxylation is 1. The molecule has 2 atom stereocenters. The number of ether oxygens (including phenoxy) is 1. The van der Waals surface area contributed by atoms with Gasteiger partial charge in [0.2, 0.25) is 11.8 Å². The normalized spacial score (nSPS) is 22.9. The summed E-state index contributed by atoms with van der Waals surface area (Å²) in [4.78, 5) is 23.4. The molecule has 1 aliphatic heterocycles. The average Bonchev–Trinajstić information content (AvgIpc) is 3.22. The van der Waals surface area contributed by atoms with E-state index in [1.54, 1.807) is 12.4 Å². The Morgan fingerprint density at radius 1 is 1.13 bits per heavy atom. The Morgan fingerprint density at radius 2 is 2.04 bits per heavy atom. The van der Waals surface area contributed by atoms with Gasteiger partial charge in [0.15, 0.2) is 0 Å². The Labute approximate surface area is 135 Å². The van der Waals surface area contributed by atoms with Crippen molar-refractivity contribution in [1.82, 2.24) is 14.9 Å². The molecule has 0 spiro atoms. The van der Waals surface area contributed by atoms with Gasteiger partial charge in [0.05, 0.1) is 18.2 Å². The van der Waals surface area contributed by atoms with E-state index in [9.17, 15) is 4.79 Å². The van der Waals surface area contributed by atoms with Gasteiger partial charge in [-0.15, -0.1) is 0 Å². The van der Waals surface area contributed by atoms with Crippen LogP contribution < -0.4 is 4.74 Å². The third-order valence-electron chi connectivity index (χ3n) is 4.64. The van der Waals surface area contributed by atoms with Crippen molar-refractivity contribution in [2.24, 2.45) is 0 Å². The lowest BCUT2D eigenvalue weighted by Crippen LogP contribution is -2.34. The second-order valence-electron chi connectivity index (χ2n) is 6.12. The third kappa shape index (κ3) is 2.79. The molecular weight excluding hydrogens is 290 g/mol. The summed E-state index contributed by atoms with van der Waals surface area (Å²) in [7, 11) is 0. The number of carbonyl (C=O) groups is 1. The van der Waals surface area contributed by atoms with Gasteiger partial charge >= 0.3 is 0 Å². The predicted octanol–water partition coefficient (Wildman–Crippen LogP) is 2.19. The molecular formula is C18H19N3O2. The molecule has 1 saturated heterocycles. The number of fused-ring (bicyclic) bond motifs is 1. The Morgan fingerprint density at radius 3 is 2.91 bits per heavy atom. The zero-order valence-corrected chi connectivity index (χ0v) is 12.9. The molecule has 0 saturated carbocycles. The van der Waals surface area contributed by atoms with E-state index in [2.05, 4.69) is 16.0 Å². The summed E-state index contributed by atoms with van der Waals surface area (Å²) >= 11 is 0. The summed E-state index contributed by atoms with van der Waals surface area (Å²) in [6.07, 6.45) is 6.19. The number of nitrogens with zero attached hydrogens (tertiary/aromatic N) is 3. The van der Waals surface area contributed by atoms with Crippen molar-refractivity contribution in [3.05, 3.63) is 54.0 Å². The number of hydrogen-bond donors (Lipinski definition) is 0. The summed E-state index contributed by atoms with van der Waals surface area (Å²) < 4.78 is 5.87. The van der Waals surface area contributed by atoms with Crippen LogP contribution in [-0.4, -0.2) is 40.0 Å². The van der Waals surface area contributed by atoms with Crippen LogP contribution in [0.2, 0.25) is 0 Å². The van der Waals surface area contributed by atoms with E-state index >= 15 is 0 Å². The molecule has 2 unspecified atom stereocenters. The maximum atomic E-state index is 12.8. The van der Waals surface area contributed by atoms with Crippen molar-refractivity contribution < 1.29 is 9.53 Å². The summed E-state index contributed by atoms with van der Waals surface area (Å²) in [6.45, 7) is 1.38. The zero-order valence-electron chi connectivity index (χ0n) is 12.9. The van der Waals surface area contributed by atoms with Crippen LogP contribution in [0.3, 0.4) is 0 Å². The first-order chi connectivity index (χ1) is 11.3. The van der Waals surface area contributed by atoms with Crippen LogP contribution >= 0.6 is 0 Å². The largest absolute Gasteiger partial charge is 0.472 e. The van der Waals surface area contributed by atoms with Gasteiger partial charge in [-0.25, -0.2) is 4.98 Å². The Balaban J connectivity index is 1.41. The van der Waals surface area contributed by atoms with Crippen LogP contribution in [0.5, 0.6) is 5.88 Å². The van der Waals surface area contributed by atoms with Gasteiger partial charge in [0.1, 0.15) is 6.10 Å². The van der Waals surface area contributed by atoms with Gasteiger partial charge in [0.25, 0.3) is 0 Å². The molecule has 2 aromatic heterocycles. The van der Waals surface area contributed by atoms with E-state index < -0.39 is 0 Å². The molecule has 1 fully saturated rings. The van der Waals surface area contributed by atoms with E-state index in [0.717, 1.165) is 31.5 Å². The number of hydrogen-bond acceptors (Lipinski definition) is 4. The van der Waals surface area contributed by atoms with E-state index in [-0.39, 0.29) is 17.9 Å². The Hall–Kier alpha value is -2.43. The van der Waals surface area contributed by atoms with Gasteiger partial charge < -0.3 is 9.64 Å². The number of pyridine rings is 2. The summed E-state index contributed by atoms with van der Waals surface area (Å²) in [6, 6.07) is 9.63. The molecule has 3 heterocycles. The van der Waals surface area contributed by atoms with Gasteiger partial charge in [-0.1, -0.05) is 12.1 Å². The predicted molar refractivity (Wildman–Crippen MR) is 85.1 cm³/mol. The fourth-order valence-electron chi connectivity index (χ4n) is 3.49. The molecule has 23 heavy (non-hydrogen) atoms. The van der Waals surface area contributed by atoms with Crippen LogP contribution in [0.1, 0.15) is 30.0 Å². The van der Waals surface area contributed by atoms with Crippen LogP contribution in [-0.2, 0) is 11.2 Å². The minimum atomic E-state index is -0.0835. The third-order valence-corrected chi connectivity index (χ3v) is 4.64. The first-order valence-electron chi connectivity index (χ1n) is 8.11. The van der Waals surface area contributed by atoms with Crippen molar-refractivity contribution >= 4 is 5.91 Å². The molecule has 4 rings (SSSR count). The number of carbonyl (C=O) groups excluding carboxylic acids is 1. The lowest BCUT2D eigenvalue weighted by molar-refractivity contribution is -0.132. The topological polar surface area (TPSA) is 55.3 Å². The second-order valence-corrected chi connectivity index (χ2v) is 6.12. The molecule has 5 heteroatoms. The highest BCUT2D eigenvalue weighted by molar-refractivity contribution is 5.84. The SMILES string of the molecule is O=C(C1CCc2cccnc21)N1CCC(Oc2ccccn2)C1. The molecule has 118 valence electrons. The molecule has 1 aliphatic carbocycles. The lowest BCUT2D eigenvalue weighted by atomic mass is 10.1. The molecule has 1 amide bonds. The van der Waals surface area contributed by atoms with Crippen LogP contribution in [0.4, 0.5) is 0 Å². The maximum Gasteiger partial charge on any atom is 0.231 e. The van der Waals surface area contributed by atoms with Crippen LogP contribution in [0.15, 0.2) is 42.7 Å². The van der Waals surface area contributed by atoms with Crippen molar-refractivity contribution in [2.75, 3.05) is 13.1 Å². The minimum absolute atomic E-state index is 0.0263. The smallest absolute Gasteiger partial charge is 0.231 e. The number of likely N-dealkylation sites (tertiary alicyclic amines) is 1. The van der Waals surface area contributed by atoms with Crippen molar-refractivity contribution in [1.29, 1.82) is 0 Å². The molecule has 0 radical (unpaired) electrons. The highest BCUT2D eigenvalue weighted by atomic mass is 16.5. The van der Waals surface area contributed by atoms with Crippen LogP contribution in [0.25, 0.3) is 0 Å². The lowest BCUT2D eigenvalue weighted by Gasteiger charge is -2.20. The van der Waals surface area contributed by atoms with E-state index in [0.29, 0.717) is 12.4 Å². The summed E-state index contributed by atoms with van der Waals surface area (Å²) in [5.41, 5.74) is 2.18. The zero-order chi connectivity index (χ0) is 15.6. The highest BCUT2D eigenvalue weighted by Crippen LogP contribution is 2.33.